The summed E-state index contributed by atoms with van der Waals surface area (Å²) in [5.41, 5.74) is 1.59. The van der Waals surface area contributed by atoms with Crippen molar-refractivity contribution in [2.24, 2.45) is 0 Å². The van der Waals surface area contributed by atoms with Crippen molar-refractivity contribution < 1.29 is 14.3 Å². The van der Waals surface area contributed by atoms with Crippen molar-refractivity contribution in [2.45, 2.75) is 33.3 Å². The molecule has 1 atom stereocenters. The van der Waals surface area contributed by atoms with Gasteiger partial charge in [-0.1, -0.05) is 43.3 Å². The number of rotatable bonds is 7. The number of ether oxygens (including phenoxy) is 1. The molecule has 5 heteroatoms. The Hall–Kier alpha value is -3.08. The Morgan fingerprint density at radius 2 is 1.85 bits per heavy atom. The van der Waals surface area contributed by atoms with E-state index < -0.39 is 5.91 Å². The summed E-state index contributed by atoms with van der Waals surface area (Å²) in [7, 11) is 0. The standard InChI is InChI=1S/C21H24N2O3/c1-4-15(2)26-19-12-8-11-18(14-19)23-21(25)20(22-16(3)24)13-17-9-6-5-7-10-17/h5-15H,4H2,1-3H3,(H,22,24)(H,23,25)/b20-13-. The molecule has 5 nitrogen and oxygen atoms in total. The first-order valence-electron chi connectivity index (χ1n) is 8.60. The van der Waals surface area contributed by atoms with Gasteiger partial charge < -0.3 is 15.4 Å². The predicted octanol–water partition coefficient (Wildman–Crippen LogP) is 3.98. The predicted molar refractivity (Wildman–Crippen MR) is 104 cm³/mol. The molecule has 2 amide bonds. The number of carbonyl (C=O) groups is 2. The van der Waals surface area contributed by atoms with Crippen LogP contribution in [-0.2, 0) is 9.59 Å². The van der Waals surface area contributed by atoms with Crippen molar-refractivity contribution in [1.29, 1.82) is 0 Å². The molecule has 2 rings (SSSR count). The van der Waals surface area contributed by atoms with Gasteiger partial charge in [0.25, 0.3) is 5.91 Å². The highest BCUT2D eigenvalue weighted by molar-refractivity contribution is 6.08. The van der Waals surface area contributed by atoms with Crippen LogP contribution in [0.5, 0.6) is 5.75 Å². The third kappa shape index (κ3) is 6.09. The number of amides is 2. The summed E-state index contributed by atoms with van der Waals surface area (Å²) < 4.78 is 5.77. The molecule has 1 unspecified atom stereocenters. The van der Waals surface area contributed by atoms with E-state index in [1.54, 1.807) is 18.2 Å². The van der Waals surface area contributed by atoms with Gasteiger partial charge in [0.2, 0.25) is 5.91 Å². The van der Waals surface area contributed by atoms with Gasteiger partial charge in [0.1, 0.15) is 11.4 Å². The lowest BCUT2D eigenvalue weighted by Gasteiger charge is -2.14. The summed E-state index contributed by atoms with van der Waals surface area (Å²) in [4.78, 5) is 24.1. The first-order chi connectivity index (χ1) is 12.5. The molecule has 0 aliphatic rings. The normalized spacial score (nSPS) is 12.2. The van der Waals surface area contributed by atoms with E-state index in [1.165, 1.54) is 6.92 Å². The van der Waals surface area contributed by atoms with Crippen LogP contribution in [0, 0.1) is 0 Å². The zero-order valence-electron chi connectivity index (χ0n) is 15.3. The molecule has 2 N–H and O–H groups in total. The molecular weight excluding hydrogens is 328 g/mol. The lowest BCUT2D eigenvalue weighted by Crippen LogP contribution is -2.29. The minimum absolute atomic E-state index is 0.0915. The van der Waals surface area contributed by atoms with E-state index in [-0.39, 0.29) is 17.7 Å². The van der Waals surface area contributed by atoms with E-state index in [1.807, 2.05) is 56.3 Å². The van der Waals surface area contributed by atoms with Crippen LogP contribution in [0.25, 0.3) is 6.08 Å². The van der Waals surface area contributed by atoms with Crippen LogP contribution >= 0.6 is 0 Å². The molecule has 0 spiro atoms. The minimum atomic E-state index is -0.398. The number of benzene rings is 2. The molecule has 0 bridgehead atoms. The first-order valence-corrected chi connectivity index (χ1v) is 8.60. The Labute approximate surface area is 154 Å². The van der Waals surface area contributed by atoms with Crippen LogP contribution in [0.3, 0.4) is 0 Å². The Balaban J connectivity index is 2.18. The second kappa shape index (κ2) is 9.42. The Morgan fingerprint density at radius 1 is 1.12 bits per heavy atom. The van der Waals surface area contributed by atoms with E-state index in [0.29, 0.717) is 11.4 Å². The van der Waals surface area contributed by atoms with Gasteiger partial charge in [-0.25, -0.2) is 0 Å². The van der Waals surface area contributed by atoms with Crippen LogP contribution in [0.2, 0.25) is 0 Å². The summed E-state index contributed by atoms with van der Waals surface area (Å²) in [6.45, 7) is 5.40. The highest BCUT2D eigenvalue weighted by atomic mass is 16.5. The Bertz CT molecular complexity index is 785. The van der Waals surface area contributed by atoms with E-state index >= 15 is 0 Å². The lowest BCUT2D eigenvalue weighted by atomic mass is 10.2. The quantitative estimate of drug-likeness (QED) is 0.741. The molecule has 0 radical (unpaired) electrons. The fourth-order valence-corrected chi connectivity index (χ4v) is 2.23. The first kappa shape index (κ1) is 19.2. The number of anilines is 1. The van der Waals surface area contributed by atoms with E-state index in [0.717, 1.165) is 12.0 Å². The maximum absolute atomic E-state index is 12.6. The molecule has 0 aliphatic carbocycles. The van der Waals surface area contributed by atoms with Gasteiger partial charge in [-0.2, -0.15) is 0 Å². The number of hydrogen-bond donors (Lipinski definition) is 2. The third-order valence-corrected chi connectivity index (χ3v) is 3.67. The molecular formula is C21H24N2O3. The summed E-state index contributed by atoms with van der Waals surface area (Å²) in [5, 5.41) is 5.38. The van der Waals surface area contributed by atoms with Crippen LogP contribution in [0.1, 0.15) is 32.8 Å². The van der Waals surface area contributed by atoms with Crippen molar-refractivity contribution in [3.8, 4) is 5.75 Å². The number of carbonyl (C=O) groups excluding carboxylic acids is 2. The highest BCUT2D eigenvalue weighted by Gasteiger charge is 2.12. The molecule has 26 heavy (non-hydrogen) atoms. The van der Waals surface area contributed by atoms with Crippen molar-refractivity contribution in [3.63, 3.8) is 0 Å². The summed E-state index contributed by atoms with van der Waals surface area (Å²) >= 11 is 0. The lowest BCUT2D eigenvalue weighted by molar-refractivity contribution is -0.120. The van der Waals surface area contributed by atoms with Gasteiger partial charge in [-0.05, 0) is 37.1 Å². The van der Waals surface area contributed by atoms with Crippen LogP contribution in [0.15, 0.2) is 60.3 Å². The third-order valence-electron chi connectivity index (χ3n) is 3.67. The van der Waals surface area contributed by atoms with Crippen molar-refractivity contribution in [3.05, 3.63) is 65.9 Å². The van der Waals surface area contributed by atoms with Crippen molar-refractivity contribution in [1.82, 2.24) is 5.32 Å². The van der Waals surface area contributed by atoms with Crippen LogP contribution in [-0.4, -0.2) is 17.9 Å². The van der Waals surface area contributed by atoms with Gasteiger partial charge >= 0.3 is 0 Å². The van der Waals surface area contributed by atoms with Gasteiger partial charge in [-0.15, -0.1) is 0 Å². The topological polar surface area (TPSA) is 67.4 Å². The molecule has 0 saturated heterocycles. The van der Waals surface area contributed by atoms with Gasteiger partial charge in [0.15, 0.2) is 0 Å². The van der Waals surface area contributed by atoms with Crippen LogP contribution < -0.4 is 15.4 Å². The van der Waals surface area contributed by atoms with Crippen molar-refractivity contribution >= 4 is 23.6 Å². The van der Waals surface area contributed by atoms with E-state index in [2.05, 4.69) is 10.6 Å². The van der Waals surface area contributed by atoms with Gasteiger partial charge in [0, 0.05) is 18.7 Å². The number of nitrogens with one attached hydrogen (secondary N) is 2. The molecule has 0 fully saturated rings. The molecule has 0 heterocycles. The highest BCUT2D eigenvalue weighted by Crippen LogP contribution is 2.20. The smallest absolute Gasteiger partial charge is 0.272 e. The minimum Gasteiger partial charge on any atom is -0.491 e. The van der Waals surface area contributed by atoms with Crippen LogP contribution in [0.4, 0.5) is 5.69 Å². The Kier molecular flexibility index (Phi) is 6.97. The maximum atomic E-state index is 12.6. The summed E-state index contributed by atoms with van der Waals surface area (Å²) in [6, 6.07) is 16.5. The fourth-order valence-electron chi connectivity index (χ4n) is 2.23. The molecule has 0 aliphatic heterocycles. The molecule has 136 valence electrons. The zero-order chi connectivity index (χ0) is 18.9. The van der Waals surface area contributed by atoms with Gasteiger partial charge in [0.05, 0.1) is 6.10 Å². The maximum Gasteiger partial charge on any atom is 0.272 e. The molecule has 2 aromatic carbocycles. The van der Waals surface area contributed by atoms with Gasteiger partial charge in [-0.3, -0.25) is 9.59 Å². The molecule has 0 aromatic heterocycles. The largest absolute Gasteiger partial charge is 0.491 e. The fraction of sp³-hybridized carbons (Fsp3) is 0.238. The van der Waals surface area contributed by atoms with E-state index in [9.17, 15) is 9.59 Å². The average Bonchev–Trinajstić information content (AvgIpc) is 2.62. The number of hydrogen-bond acceptors (Lipinski definition) is 3. The van der Waals surface area contributed by atoms with E-state index in [4.69, 9.17) is 4.74 Å². The molecule has 0 saturated carbocycles. The zero-order valence-corrected chi connectivity index (χ0v) is 15.3. The Morgan fingerprint density at radius 3 is 2.50 bits per heavy atom. The second-order valence-corrected chi connectivity index (χ2v) is 5.97. The average molecular weight is 352 g/mol. The second-order valence-electron chi connectivity index (χ2n) is 5.97. The monoisotopic (exact) mass is 352 g/mol. The summed E-state index contributed by atoms with van der Waals surface area (Å²) in [5.74, 6) is -0.0220. The molecule has 2 aromatic rings. The summed E-state index contributed by atoms with van der Waals surface area (Å²) in [6.07, 6.45) is 2.62. The van der Waals surface area contributed by atoms with Crippen molar-refractivity contribution in [2.75, 3.05) is 5.32 Å². The SMILES string of the molecule is CCC(C)Oc1cccc(NC(=O)/C(=C/c2ccccc2)NC(C)=O)c1.